The number of unbranched alkanes of at least 4 members (excludes halogenated alkanes) is 2. The lowest BCUT2D eigenvalue weighted by atomic mass is 9.97. The van der Waals surface area contributed by atoms with Crippen molar-refractivity contribution in [3.8, 4) is 0 Å². The first-order valence-corrected chi connectivity index (χ1v) is 9.07. The second-order valence-corrected chi connectivity index (χ2v) is 6.57. The Balaban J connectivity index is 2.16. The maximum Gasteiger partial charge on any atom is 0.126 e. The number of benzene rings is 1. The molecule has 2 N–H and O–H groups in total. The molecule has 0 saturated carbocycles. The summed E-state index contributed by atoms with van der Waals surface area (Å²) in [5.74, 6) is 0.696. The number of allylic oxidation sites excluding steroid dienone is 1. The van der Waals surface area contributed by atoms with Crippen LogP contribution in [0.25, 0.3) is 5.57 Å². The molecule has 128 valence electrons. The highest BCUT2D eigenvalue weighted by Crippen LogP contribution is 2.22. The number of hydrogen-bond donors (Lipinski definition) is 1. The monoisotopic (exact) mass is 322 g/mol. The number of nitrogens with two attached hydrogens (primary N) is 1. The van der Waals surface area contributed by atoms with E-state index in [9.17, 15) is 0 Å². The Labute approximate surface area is 146 Å². The van der Waals surface area contributed by atoms with Crippen LogP contribution in [0.3, 0.4) is 0 Å². The number of anilines is 1. The molecule has 0 aliphatic heterocycles. The van der Waals surface area contributed by atoms with Gasteiger partial charge >= 0.3 is 0 Å². The van der Waals surface area contributed by atoms with Crippen LogP contribution in [-0.2, 0) is 12.8 Å². The molecule has 0 unspecified atom stereocenters. The summed E-state index contributed by atoms with van der Waals surface area (Å²) < 4.78 is 0. The van der Waals surface area contributed by atoms with E-state index >= 15 is 0 Å². The van der Waals surface area contributed by atoms with Gasteiger partial charge in [-0.05, 0) is 60.4 Å². The molecular formula is C22H30N2. The Hall–Kier alpha value is -2.09. The first kappa shape index (κ1) is 18.3. The lowest BCUT2D eigenvalue weighted by Crippen LogP contribution is -2.04. The average Bonchev–Trinajstić information content (AvgIpc) is 2.59. The highest BCUT2D eigenvalue weighted by atomic mass is 14.8. The fourth-order valence-corrected chi connectivity index (χ4v) is 2.94. The number of nitrogens with zero attached hydrogens (tertiary/aromatic N) is 1. The summed E-state index contributed by atoms with van der Waals surface area (Å²) in [6.07, 6.45) is 6.56. The lowest BCUT2D eigenvalue weighted by molar-refractivity contribution is 0.716. The zero-order valence-electron chi connectivity index (χ0n) is 15.4. The molecule has 2 heteroatoms. The van der Waals surface area contributed by atoms with Crippen molar-refractivity contribution in [2.45, 2.75) is 59.3 Å². The van der Waals surface area contributed by atoms with Gasteiger partial charge in [0.05, 0.1) is 0 Å². The highest BCUT2D eigenvalue weighted by molar-refractivity contribution is 5.63. The molecule has 0 fully saturated rings. The van der Waals surface area contributed by atoms with Crippen LogP contribution in [0.5, 0.6) is 0 Å². The molecule has 2 rings (SSSR count). The Kier molecular flexibility index (Phi) is 6.60. The van der Waals surface area contributed by atoms with E-state index in [0.29, 0.717) is 5.82 Å². The van der Waals surface area contributed by atoms with Gasteiger partial charge in [0, 0.05) is 5.69 Å². The third-order valence-electron chi connectivity index (χ3n) is 4.66. The van der Waals surface area contributed by atoms with Gasteiger partial charge in [-0.15, -0.1) is 0 Å². The van der Waals surface area contributed by atoms with Gasteiger partial charge in [0.1, 0.15) is 5.82 Å². The number of aryl methyl sites for hydroxylation is 2. The molecule has 0 amide bonds. The van der Waals surface area contributed by atoms with Crippen molar-refractivity contribution in [2.24, 2.45) is 0 Å². The summed E-state index contributed by atoms with van der Waals surface area (Å²) in [6.45, 7) is 10.5. The van der Waals surface area contributed by atoms with Crippen LogP contribution in [0.2, 0.25) is 0 Å². The van der Waals surface area contributed by atoms with Crippen molar-refractivity contribution >= 4 is 11.4 Å². The quantitative estimate of drug-likeness (QED) is 0.631. The Morgan fingerprint density at radius 1 is 1.08 bits per heavy atom. The van der Waals surface area contributed by atoms with E-state index in [-0.39, 0.29) is 0 Å². The molecule has 0 atom stereocenters. The van der Waals surface area contributed by atoms with Crippen LogP contribution < -0.4 is 5.73 Å². The smallest absolute Gasteiger partial charge is 0.126 e. The molecule has 0 aliphatic carbocycles. The third-order valence-corrected chi connectivity index (χ3v) is 4.66. The van der Waals surface area contributed by atoms with Gasteiger partial charge in [-0.1, -0.05) is 63.6 Å². The SMILES string of the molecule is C=C(CC)c1ccc(Cc2cc(CCCCC)c(N)nc2C)cc1. The van der Waals surface area contributed by atoms with Crippen molar-refractivity contribution in [3.63, 3.8) is 0 Å². The van der Waals surface area contributed by atoms with Gasteiger partial charge in [-0.25, -0.2) is 4.98 Å². The Bertz CT molecular complexity index is 684. The molecule has 0 radical (unpaired) electrons. The van der Waals surface area contributed by atoms with Crippen molar-refractivity contribution in [2.75, 3.05) is 5.73 Å². The van der Waals surface area contributed by atoms with Gasteiger partial charge in [-0.2, -0.15) is 0 Å². The molecule has 2 nitrogen and oxygen atoms in total. The van der Waals surface area contributed by atoms with Gasteiger partial charge in [0.2, 0.25) is 0 Å². The van der Waals surface area contributed by atoms with Crippen molar-refractivity contribution in [3.05, 3.63) is 64.9 Å². The molecular weight excluding hydrogens is 292 g/mol. The number of rotatable bonds is 8. The van der Waals surface area contributed by atoms with E-state index in [4.69, 9.17) is 5.73 Å². The molecule has 1 heterocycles. The van der Waals surface area contributed by atoms with Crippen LogP contribution in [0.1, 0.15) is 67.5 Å². The number of aromatic nitrogens is 1. The first-order valence-electron chi connectivity index (χ1n) is 9.07. The van der Waals surface area contributed by atoms with Crippen LogP contribution in [0, 0.1) is 6.92 Å². The van der Waals surface area contributed by atoms with Gasteiger partial charge in [-0.3, -0.25) is 0 Å². The molecule has 0 bridgehead atoms. The second-order valence-electron chi connectivity index (χ2n) is 6.57. The summed E-state index contributed by atoms with van der Waals surface area (Å²) in [4.78, 5) is 4.57. The fourth-order valence-electron chi connectivity index (χ4n) is 2.94. The maximum atomic E-state index is 6.11. The number of hydrogen-bond acceptors (Lipinski definition) is 2. The van der Waals surface area contributed by atoms with Crippen molar-refractivity contribution < 1.29 is 0 Å². The summed E-state index contributed by atoms with van der Waals surface area (Å²) >= 11 is 0. The minimum atomic E-state index is 0.696. The standard InChI is InChI=1S/C22H30N2/c1-5-7-8-9-20-15-21(17(4)24-22(20)23)14-18-10-12-19(13-11-18)16(3)6-2/h10-13,15H,3,5-9,14H2,1-2,4H3,(H2,23,24). The molecule has 0 spiro atoms. The van der Waals surface area contributed by atoms with Crippen LogP contribution in [-0.4, -0.2) is 4.98 Å². The molecule has 1 aromatic heterocycles. The van der Waals surface area contributed by atoms with Crippen LogP contribution in [0.15, 0.2) is 36.9 Å². The van der Waals surface area contributed by atoms with E-state index in [2.05, 4.69) is 62.7 Å². The fraction of sp³-hybridized carbons (Fsp3) is 0.409. The largest absolute Gasteiger partial charge is 0.383 e. The maximum absolute atomic E-state index is 6.11. The first-order chi connectivity index (χ1) is 11.5. The van der Waals surface area contributed by atoms with E-state index < -0.39 is 0 Å². The molecule has 24 heavy (non-hydrogen) atoms. The zero-order valence-corrected chi connectivity index (χ0v) is 15.4. The van der Waals surface area contributed by atoms with Gasteiger partial charge < -0.3 is 5.73 Å². The topological polar surface area (TPSA) is 38.9 Å². The minimum absolute atomic E-state index is 0.696. The van der Waals surface area contributed by atoms with E-state index in [1.807, 2.05) is 0 Å². The number of pyridine rings is 1. The van der Waals surface area contributed by atoms with E-state index in [1.165, 1.54) is 47.1 Å². The zero-order chi connectivity index (χ0) is 17.5. The molecule has 1 aromatic carbocycles. The van der Waals surface area contributed by atoms with Crippen LogP contribution >= 0.6 is 0 Å². The molecule has 0 aliphatic rings. The number of nitrogen functional groups attached to an aromatic ring is 1. The summed E-state index contributed by atoms with van der Waals surface area (Å²) in [5.41, 5.74) is 13.3. The summed E-state index contributed by atoms with van der Waals surface area (Å²) in [7, 11) is 0. The molecule has 0 saturated heterocycles. The lowest BCUT2D eigenvalue weighted by Gasteiger charge is -2.12. The van der Waals surface area contributed by atoms with Gasteiger partial charge in [0.15, 0.2) is 0 Å². The van der Waals surface area contributed by atoms with Gasteiger partial charge in [0.25, 0.3) is 0 Å². The summed E-state index contributed by atoms with van der Waals surface area (Å²) in [6, 6.07) is 11.0. The van der Waals surface area contributed by atoms with Crippen molar-refractivity contribution in [1.29, 1.82) is 0 Å². The Morgan fingerprint density at radius 2 is 1.79 bits per heavy atom. The predicted octanol–water partition coefficient (Wildman–Crippen LogP) is 5.72. The highest BCUT2D eigenvalue weighted by Gasteiger charge is 2.08. The predicted molar refractivity (Wildman–Crippen MR) is 105 cm³/mol. The third kappa shape index (κ3) is 4.70. The normalized spacial score (nSPS) is 10.8. The average molecular weight is 322 g/mol. The van der Waals surface area contributed by atoms with E-state index in [0.717, 1.165) is 25.0 Å². The van der Waals surface area contributed by atoms with E-state index in [1.54, 1.807) is 0 Å². The Morgan fingerprint density at radius 3 is 2.42 bits per heavy atom. The minimum Gasteiger partial charge on any atom is -0.383 e. The van der Waals surface area contributed by atoms with Crippen LogP contribution in [0.4, 0.5) is 5.82 Å². The second kappa shape index (κ2) is 8.68. The summed E-state index contributed by atoms with van der Waals surface area (Å²) in [5, 5.41) is 0. The molecule has 2 aromatic rings. The van der Waals surface area contributed by atoms with Crippen molar-refractivity contribution in [1.82, 2.24) is 4.98 Å².